The molecule has 0 aromatic heterocycles. The monoisotopic (exact) mass is 268 g/mol. The highest BCUT2D eigenvalue weighted by atomic mass is 19.1. The van der Waals surface area contributed by atoms with Crippen molar-refractivity contribution in [1.29, 1.82) is 0 Å². The number of carbonyl (C=O) groups excluding carboxylic acids is 1. The normalized spacial score (nSPS) is 18.4. The minimum absolute atomic E-state index is 0.123. The van der Waals surface area contributed by atoms with Gasteiger partial charge in [0.1, 0.15) is 17.5 Å². The van der Waals surface area contributed by atoms with Crippen molar-refractivity contribution >= 4 is 17.3 Å². The lowest BCUT2D eigenvalue weighted by atomic mass is 10.2. The molecule has 0 bridgehead atoms. The van der Waals surface area contributed by atoms with E-state index in [9.17, 15) is 19.3 Å². The van der Waals surface area contributed by atoms with Gasteiger partial charge in [0.25, 0.3) is 5.69 Å². The van der Waals surface area contributed by atoms with Crippen LogP contribution in [0.15, 0.2) is 18.2 Å². The lowest BCUT2D eigenvalue weighted by Gasteiger charge is -2.24. The number of methoxy groups -OCH3 is 1. The zero-order valence-electron chi connectivity index (χ0n) is 10.3. The van der Waals surface area contributed by atoms with E-state index in [-0.39, 0.29) is 11.4 Å². The van der Waals surface area contributed by atoms with Crippen molar-refractivity contribution in [3.8, 4) is 0 Å². The standard InChI is InChI=1S/C12H13FN2O4/c1-19-12(16)10-3-2-6-14(10)11-7-8(13)4-5-9(11)15(17)18/h4-5,7,10H,2-3,6H2,1H3/t10-/m1/s1. The SMILES string of the molecule is COC(=O)[C@H]1CCCN1c1cc(F)ccc1[N+](=O)[O-]. The molecule has 0 saturated carbocycles. The van der Waals surface area contributed by atoms with Crippen molar-refractivity contribution in [3.05, 3.63) is 34.1 Å². The van der Waals surface area contributed by atoms with Crippen molar-refractivity contribution in [1.82, 2.24) is 0 Å². The largest absolute Gasteiger partial charge is 0.467 e. The van der Waals surface area contributed by atoms with Crippen LogP contribution in [-0.2, 0) is 9.53 Å². The fourth-order valence-corrected chi connectivity index (χ4v) is 2.32. The molecule has 0 spiro atoms. The first-order valence-electron chi connectivity index (χ1n) is 5.83. The molecule has 0 aliphatic carbocycles. The second kappa shape index (κ2) is 5.21. The molecule has 1 heterocycles. The molecular formula is C12H13FN2O4. The summed E-state index contributed by atoms with van der Waals surface area (Å²) in [5.41, 5.74) is -0.0879. The number of nitrogens with zero attached hydrogens (tertiary/aromatic N) is 2. The first-order valence-corrected chi connectivity index (χ1v) is 5.83. The molecule has 1 atom stereocenters. The molecule has 0 amide bonds. The van der Waals surface area contributed by atoms with Crippen molar-refractivity contribution < 1.29 is 18.8 Å². The summed E-state index contributed by atoms with van der Waals surface area (Å²) in [6, 6.07) is 2.63. The van der Waals surface area contributed by atoms with Gasteiger partial charge < -0.3 is 9.64 Å². The molecule has 1 fully saturated rings. The molecule has 2 rings (SSSR count). The summed E-state index contributed by atoms with van der Waals surface area (Å²) in [5.74, 6) is -1.04. The predicted octanol–water partition coefficient (Wildman–Crippen LogP) is 1.88. The summed E-state index contributed by atoms with van der Waals surface area (Å²) in [5, 5.41) is 11.0. The molecule has 1 aromatic rings. The van der Waals surface area contributed by atoms with Crippen LogP contribution in [0.3, 0.4) is 0 Å². The number of nitro groups is 1. The van der Waals surface area contributed by atoms with Crippen molar-refractivity contribution in [2.24, 2.45) is 0 Å². The molecular weight excluding hydrogens is 255 g/mol. The smallest absolute Gasteiger partial charge is 0.328 e. The molecule has 19 heavy (non-hydrogen) atoms. The average molecular weight is 268 g/mol. The third-order valence-electron chi connectivity index (χ3n) is 3.17. The Morgan fingerprint density at radius 3 is 2.95 bits per heavy atom. The number of carbonyl (C=O) groups is 1. The van der Waals surface area contributed by atoms with Crippen LogP contribution < -0.4 is 4.90 Å². The molecule has 0 N–H and O–H groups in total. The number of halogens is 1. The fourth-order valence-electron chi connectivity index (χ4n) is 2.32. The van der Waals surface area contributed by atoms with Crippen molar-refractivity contribution in [2.75, 3.05) is 18.6 Å². The van der Waals surface area contributed by atoms with Gasteiger partial charge >= 0.3 is 5.97 Å². The van der Waals surface area contributed by atoms with Crippen LogP contribution in [0.2, 0.25) is 0 Å². The van der Waals surface area contributed by atoms with Crippen LogP contribution in [-0.4, -0.2) is 30.6 Å². The number of hydrogen-bond acceptors (Lipinski definition) is 5. The molecule has 102 valence electrons. The topological polar surface area (TPSA) is 72.7 Å². The quantitative estimate of drug-likeness (QED) is 0.475. The van der Waals surface area contributed by atoms with E-state index in [1.54, 1.807) is 0 Å². The van der Waals surface area contributed by atoms with E-state index in [1.165, 1.54) is 12.0 Å². The Morgan fingerprint density at radius 2 is 2.32 bits per heavy atom. The van der Waals surface area contributed by atoms with Gasteiger partial charge in [-0.1, -0.05) is 0 Å². The maximum absolute atomic E-state index is 13.3. The predicted molar refractivity (Wildman–Crippen MR) is 65.4 cm³/mol. The first kappa shape index (κ1) is 13.3. The third-order valence-corrected chi connectivity index (χ3v) is 3.17. The van der Waals surface area contributed by atoms with Gasteiger partial charge in [-0.2, -0.15) is 0 Å². The van der Waals surface area contributed by atoms with Gasteiger partial charge in [0.15, 0.2) is 0 Å². The van der Waals surface area contributed by atoms with Crippen LogP contribution in [0.5, 0.6) is 0 Å². The zero-order chi connectivity index (χ0) is 14.0. The minimum atomic E-state index is -0.592. The van der Waals surface area contributed by atoms with E-state index in [1.807, 2.05) is 0 Å². The second-order valence-electron chi connectivity index (χ2n) is 4.26. The number of anilines is 1. The lowest BCUT2D eigenvalue weighted by molar-refractivity contribution is -0.384. The zero-order valence-corrected chi connectivity index (χ0v) is 10.3. The van der Waals surface area contributed by atoms with Gasteiger partial charge in [0.05, 0.1) is 12.0 Å². The number of ether oxygens (including phenoxy) is 1. The summed E-state index contributed by atoms with van der Waals surface area (Å²) >= 11 is 0. The Morgan fingerprint density at radius 1 is 1.58 bits per heavy atom. The van der Waals surface area contributed by atoms with E-state index >= 15 is 0 Å². The van der Waals surface area contributed by atoms with E-state index < -0.39 is 22.8 Å². The van der Waals surface area contributed by atoms with Crippen LogP contribution in [0.25, 0.3) is 0 Å². The molecule has 0 radical (unpaired) electrons. The van der Waals surface area contributed by atoms with Crippen LogP contribution in [0.1, 0.15) is 12.8 Å². The molecule has 1 aliphatic heterocycles. The summed E-state index contributed by atoms with van der Waals surface area (Å²) < 4.78 is 18.0. The van der Waals surface area contributed by atoms with Crippen LogP contribution in [0.4, 0.5) is 15.8 Å². The molecule has 1 aromatic carbocycles. The Kier molecular flexibility index (Phi) is 3.64. The molecule has 1 aliphatic rings. The van der Waals surface area contributed by atoms with E-state index in [0.29, 0.717) is 19.4 Å². The maximum atomic E-state index is 13.3. The number of benzene rings is 1. The van der Waals surface area contributed by atoms with Crippen molar-refractivity contribution in [2.45, 2.75) is 18.9 Å². The van der Waals surface area contributed by atoms with Gasteiger partial charge in [-0.25, -0.2) is 9.18 Å². The maximum Gasteiger partial charge on any atom is 0.328 e. The minimum Gasteiger partial charge on any atom is -0.467 e. The molecule has 0 unspecified atom stereocenters. The van der Waals surface area contributed by atoms with Gasteiger partial charge in [0.2, 0.25) is 0 Å². The fraction of sp³-hybridized carbons (Fsp3) is 0.417. The molecule has 1 saturated heterocycles. The highest BCUT2D eigenvalue weighted by Crippen LogP contribution is 2.34. The number of rotatable bonds is 3. The first-order chi connectivity index (χ1) is 9.04. The Bertz CT molecular complexity index is 520. The summed E-state index contributed by atoms with van der Waals surface area (Å²) in [6.07, 6.45) is 1.24. The highest BCUT2D eigenvalue weighted by Gasteiger charge is 2.35. The van der Waals surface area contributed by atoms with Gasteiger partial charge in [-0.05, 0) is 18.9 Å². The number of nitro benzene ring substituents is 1. The summed E-state index contributed by atoms with van der Waals surface area (Å²) in [4.78, 5) is 23.6. The third kappa shape index (κ3) is 2.49. The van der Waals surface area contributed by atoms with Crippen molar-refractivity contribution in [3.63, 3.8) is 0 Å². The van der Waals surface area contributed by atoms with E-state index in [0.717, 1.165) is 18.2 Å². The van der Waals surface area contributed by atoms with Crippen LogP contribution >= 0.6 is 0 Å². The molecule has 7 heteroatoms. The van der Waals surface area contributed by atoms with Gasteiger partial charge in [0, 0.05) is 18.7 Å². The highest BCUT2D eigenvalue weighted by molar-refractivity contribution is 5.82. The Balaban J connectivity index is 2.42. The number of esters is 1. The van der Waals surface area contributed by atoms with Gasteiger partial charge in [-0.15, -0.1) is 0 Å². The van der Waals surface area contributed by atoms with E-state index in [2.05, 4.69) is 4.74 Å². The van der Waals surface area contributed by atoms with E-state index in [4.69, 9.17) is 0 Å². The lowest BCUT2D eigenvalue weighted by Crippen LogP contribution is -2.37. The summed E-state index contributed by atoms with van der Waals surface area (Å²) in [6.45, 7) is 0.462. The van der Waals surface area contributed by atoms with Gasteiger partial charge in [-0.3, -0.25) is 10.1 Å². The Hall–Kier alpha value is -2.18. The molecule has 6 nitrogen and oxygen atoms in total. The second-order valence-corrected chi connectivity index (χ2v) is 4.26. The summed E-state index contributed by atoms with van der Waals surface area (Å²) in [7, 11) is 1.26. The average Bonchev–Trinajstić information content (AvgIpc) is 2.86. The van der Waals surface area contributed by atoms with Crippen LogP contribution in [0, 0.1) is 15.9 Å². The number of hydrogen-bond donors (Lipinski definition) is 0. The Labute approximate surface area is 108 Å².